The molecule has 0 aliphatic carbocycles. The van der Waals surface area contributed by atoms with Crippen molar-refractivity contribution in [3.8, 4) is 0 Å². The predicted octanol–water partition coefficient (Wildman–Crippen LogP) is 3.53. The molecule has 0 aliphatic rings. The molecule has 1 aromatic heterocycles. The van der Waals surface area contributed by atoms with E-state index in [1.165, 1.54) is 4.88 Å². The van der Waals surface area contributed by atoms with Crippen molar-refractivity contribution < 1.29 is 0 Å². The SMILES string of the molecule is CN(Cc1ccccc1Cl)C(CN)c1cccs1. The molecule has 2 N–H and O–H groups in total. The lowest BCUT2D eigenvalue weighted by molar-refractivity contribution is 0.245. The van der Waals surface area contributed by atoms with Crippen LogP contribution in [0.2, 0.25) is 5.02 Å². The molecule has 1 aromatic carbocycles. The maximum absolute atomic E-state index is 6.19. The van der Waals surface area contributed by atoms with Crippen molar-refractivity contribution in [1.29, 1.82) is 0 Å². The number of hydrogen-bond acceptors (Lipinski definition) is 3. The van der Waals surface area contributed by atoms with E-state index in [2.05, 4.69) is 35.5 Å². The highest BCUT2D eigenvalue weighted by Gasteiger charge is 2.17. The number of hydrogen-bond donors (Lipinski definition) is 1. The quantitative estimate of drug-likeness (QED) is 0.908. The Labute approximate surface area is 117 Å². The van der Waals surface area contributed by atoms with E-state index in [9.17, 15) is 0 Å². The average Bonchev–Trinajstić information content (AvgIpc) is 2.87. The number of likely N-dealkylation sites (N-methyl/N-ethyl adjacent to an activating group) is 1. The van der Waals surface area contributed by atoms with Crippen LogP contribution in [-0.2, 0) is 6.54 Å². The molecule has 0 spiro atoms. The predicted molar refractivity (Wildman–Crippen MR) is 79.0 cm³/mol. The number of benzene rings is 1. The van der Waals surface area contributed by atoms with Crippen LogP contribution in [-0.4, -0.2) is 18.5 Å². The number of halogens is 1. The van der Waals surface area contributed by atoms with E-state index in [-0.39, 0.29) is 6.04 Å². The fourth-order valence-electron chi connectivity index (χ4n) is 2.00. The van der Waals surface area contributed by atoms with Crippen LogP contribution >= 0.6 is 22.9 Å². The molecule has 2 nitrogen and oxygen atoms in total. The average molecular weight is 281 g/mol. The van der Waals surface area contributed by atoms with Crippen LogP contribution < -0.4 is 5.73 Å². The van der Waals surface area contributed by atoms with Crippen molar-refractivity contribution >= 4 is 22.9 Å². The van der Waals surface area contributed by atoms with Gasteiger partial charge in [0.05, 0.1) is 6.04 Å². The minimum absolute atomic E-state index is 0.251. The first kappa shape index (κ1) is 13.6. The molecule has 2 rings (SSSR count). The molecule has 2 aromatic rings. The van der Waals surface area contributed by atoms with E-state index in [0.717, 1.165) is 17.1 Å². The standard InChI is InChI=1S/C14H17ClN2S/c1-17(10-11-5-2-3-6-12(11)15)13(9-16)14-7-4-8-18-14/h2-8,13H,9-10,16H2,1H3. The van der Waals surface area contributed by atoms with Gasteiger partial charge in [-0.3, -0.25) is 4.90 Å². The van der Waals surface area contributed by atoms with Crippen molar-refractivity contribution in [1.82, 2.24) is 4.90 Å². The summed E-state index contributed by atoms with van der Waals surface area (Å²) in [6.45, 7) is 1.42. The van der Waals surface area contributed by atoms with Gasteiger partial charge < -0.3 is 5.73 Å². The summed E-state index contributed by atoms with van der Waals surface area (Å²) >= 11 is 7.93. The van der Waals surface area contributed by atoms with Gasteiger partial charge >= 0.3 is 0 Å². The molecule has 4 heteroatoms. The normalized spacial score (nSPS) is 12.9. The first-order chi connectivity index (χ1) is 8.72. The van der Waals surface area contributed by atoms with Gasteiger partial charge in [0.25, 0.3) is 0 Å². The highest BCUT2D eigenvalue weighted by atomic mass is 35.5. The van der Waals surface area contributed by atoms with Crippen LogP contribution in [0.3, 0.4) is 0 Å². The lowest BCUT2D eigenvalue weighted by Crippen LogP contribution is -2.29. The van der Waals surface area contributed by atoms with Crippen molar-refractivity contribution in [2.24, 2.45) is 5.73 Å². The van der Waals surface area contributed by atoms with Crippen LogP contribution in [0.5, 0.6) is 0 Å². The molecule has 1 atom stereocenters. The second-order valence-corrected chi connectivity index (χ2v) is 5.66. The molecule has 18 heavy (non-hydrogen) atoms. The largest absolute Gasteiger partial charge is 0.329 e. The maximum Gasteiger partial charge on any atom is 0.0564 e. The zero-order valence-electron chi connectivity index (χ0n) is 10.3. The molecule has 0 bridgehead atoms. The molecule has 1 heterocycles. The number of nitrogens with zero attached hydrogens (tertiary/aromatic N) is 1. The Morgan fingerprint density at radius 3 is 2.67 bits per heavy atom. The van der Waals surface area contributed by atoms with Crippen LogP contribution in [0.15, 0.2) is 41.8 Å². The third-order valence-corrected chi connectivity index (χ3v) is 4.35. The minimum Gasteiger partial charge on any atom is -0.329 e. The van der Waals surface area contributed by atoms with Crippen molar-refractivity contribution in [3.05, 3.63) is 57.2 Å². The molecule has 0 fully saturated rings. The van der Waals surface area contributed by atoms with Crippen molar-refractivity contribution in [2.45, 2.75) is 12.6 Å². The summed E-state index contributed by atoms with van der Waals surface area (Å²) in [4.78, 5) is 3.54. The molecule has 1 unspecified atom stereocenters. The Hall–Kier alpha value is -0.870. The molecule has 0 aliphatic heterocycles. The Balaban J connectivity index is 2.11. The summed E-state index contributed by atoms with van der Waals surface area (Å²) in [6, 6.07) is 12.4. The Kier molecular flexibility index (Phi) is 4.78. The molecule has 0 radical (unpaired) electrons. The smallest absolute Gasteiger partial charge is 0.0564 e. The first-order valence-electron chi connectivity index (χ1n) is 5.89. The van der Waals surface area contributed by atoms with Gasteiger partial charge in [0, 0.05) is 23.0 Å². The summed E-state index contributed by atoms with van der Waals surface area (Å²) < 4.78 is 0. The Bertz CT molecular complexity index is 484. The van der Waals surface area contributed by atoms with Gasteiger partial charge in [0.15, 0.2) is 0 Å². The highest BCUT2D eigenvalue weighted by Crippen LogP contribution is 2.26. The summed E-state index contributed by atoms with van der Waals surface area (Å²) in [5.41, 5.74) is 7.02. The van der Waals surface area contributed by atoms with Gasteiger partial charge in [-0.2, -0.15) is 0 Å². The summed E-state index contributed by atoms with van der Waals surface area (Å²) in [5.74, 6) is 0. The second kappa shape index (κ2) is 6.34. The van der Waals surface area contributed by atoms with Crippen LogP contribution in [0.25, 0.3) is 0 Å². The third-order valence-electron chi connectivity index (χ3n) is 3.00. The third kappa shape index (κ3) is 3.12. The van der Waals surface area contributed by atoms with Crippen LogP contribution in [0, 0.1) is 0 Å². The van der Waals surface area contributed by atoms with Crippen LogP contribution in [0.1, 0.15) is 16.5 Å². The van der Waals surface area contributed by atoms with Crippen molar-refractivity contribution in [3.63, 3.8) is 0 Å². The van der Waals surface area contributed by atoms with Gasteiger partial charge in [-0.15, -0.1) is 11.3 Å². The van der Waals surface area contributed by atoms with Crippen LogP contribution in [0.4, 0.5) is 0 Å². The Morgan fingerprint density at radius 2 is 2.06 bits per heavy atom. The van der Waals surface area contributed by atoms with Gasteiger partial charge in [0.1, 0.15) is 0 Å². The molecule has 96 valence electrons. The van der Waals surface area contributed by atoms with E-state index >= 15 is 0 Å². The maximum atomic E-state index is 6.19. The molecule has 0 amide bonds. The van der Waals surface area contributed by atoms with Gasteiger partial charge in [-0.1, -0.05) is 35.9 Å². The van der Waals surface area contributed by atoms with E-state index < -0.39 is 0 Å². The lowest BCUT2D eigenvalue weighted by Gasteiger charge is -2.26. The summed E-state index contributed by atoms with van der Waals surface area (Å²) in [5, 5.41) is 2.90. The first-order valence-corrected chi connectivity index (χ1v) is 7.15. The topological polar surface area (TPSA) is 29.3 Å². The number of nitrogens with two attached hydrogens (primary N) is 1. The molecule has 0 saturated heterocycles. The highest BCUT2D eigenvalue weighted by molar-refractivity contribution is 7.10. The second-order valence-electron chi connectivity index (χ2n) is 4.27. The van der Waals surface area contributed by atoms with Gasteiger partial charge in [-0.05, 0) is 30.1 Å². The zero-order chi connectivity index (χ0) is 13.0. The zero-order valence-corrected chi connectivity index (χ0v) is 11.9. The lowest BCUT2D eigenvalue weighted by atomic mass is 10.1. The molecular weight excluding hydrogens is 264 g/mol. The van der Waals surface area contributed by atoms with Gasteiger partial charge in [0.2, 0.25) is 0 Å². The monoisotopic (exact) mass is 280 g/mol. The summed E-state index contributed by atoms with van der Waals surface area (Å²) in [7, 11) is 2.08. The molecular formula is C14H17ClN2S. The van der Waals surface area contributed by atoms with E-state index in [0.29, 0.717) is 6.54 Å². The molecule has 0 saturated carbocycles. The van der Waals surface area contributed by atoms with Crippen molar-refractivity contribution in [2.75, 3.05) is 13.6 Å². The van der Waals surface area contributed by atoms with E-state index in [1.54, 1.807) is 11.3 Å². The number of thiophene rings is 1. The minimum atomic E-state index is 0.251. The number of rotatable bonds is 5. The fraction of sp³-hybridized carbons (Fsp3) is 0.286. The van der Waals surface area contributed by atoms with E-state index in [1.807, 2.05) is 18.2 Å². The fourth-order valence-corrected chi connectivity index (χ4v) is 3.10. The Morgan fingerprint density at radius 1 is 1.28 bits per heavy atom. The summed E-state index contributed by atoms with van der Waals surface area (Å²) in [6.07, 6.45) is 0. The van der Waals surface area contributed by atoms with E-state index in [4.69, 9.17) is 17.3 Å². The van der Waals surface area contributed by atoms with Gasteiger partial charge in [-0.25, -0.2) is 0 Å².